The Labute approximate surface area is 116 Å². The summed E-state index contributed by atoms with van der Waals surface area (Å²) in [6, 6.07) is 5.20. The molecule has 0 aliphatic heterocycles. The first kappa shape index (κ1) is 13.2. The van der Waals surface area contributed by atoms with Crippen molar-refractivity contribution in [3.05, 3.63) is 57.3 Å². The Kier molecular flexibility index (Phi) is 4.14. The van der Waals surface area contributed by atoms with Crippen LogP contribution in [0.5, 0.6) is 5.75 Å². The first-order chi connectivity index (χ1) is 8.56. The van der Waals surface area contributed by atoms with Gasteiger partial charge < -0.3 is 4.74 Å². The third-order valence-electron chi connectivity index (χ3n) is 2.14. The number of halogens is 4. The van der Waals surface area contributed by atoms with Gasteiger partial charge in [0.25, 0.3) is 0 Å². The summed E-state index contributed by atoms with van der Waals surface area (Å²) in [7, 11) is 0. The molecule has 0 saturated carbocycles. The van der Waals surface area contributed by atoms with Crippen molar-refractivity contribution in [1.29, 1.82) is 0 Å². The molecule has 0 atom stereocenters. The van der Waals surface area contributed by atoms with Crippen LogP contribution in [0.3, 0.4) is 0 Å². The van der Waals surface area contributed by atoms with Gasteiger partial charge in [-0.3, -0.25) is 0 Å². The molecule has 6 heteroatoms. The highest BCUT2D eigenvalue weighted by atomic mass is 79.9. The average molecular weight is 335 g/mol. The third-order valence-corrected chi connectivity index (χ3v) is 2.93. The minimum absolute atomic E-state index is 0.0377. The lowest BCUT2D eigenvalue weighted by atomic mass is 10.3. The van der Waals surface area contributed by atoms with Crippen LogP contribution < -0.4 is 4.74 Å². The van der Waals surface area contributed by atoms with Gasteiger partial charge in [-0.1, -0.05) is 11.6 Å². The standard InChI is InChI=1S/C12H7BrClF2NO/c13-9-4-8(15)5-10(16)12(9)18-6-7-1-2-17-11(14)3-7/h1-5H,6H2. The predicted octanol–water partition coefficient (Wildman–Crippen LogP) is 4.35. The van der Waals surface area contributed by atoms with Gasteiger partial charge in [-0.05, 0) is 39.7 Å². The van der Waals surface area contributed by atoms with Crippen molar-refractivity contribution in [2.45, 2.75) is 6.61 Å². The molecule has 0 bridgehead atoms. The van der Waals surface area contributed by atoms with Crippen LogP contribution in [-0.2, 0) is 6.61 Å². The third kappa shape index (κ3) is 3.17. The lowest BCUT2D eigenvalue weighted by molar-refractivity contribution is 0.287. The zero-order valence-electron chi connectivity index (χ0n) is 8.96. The molecular weight excluding hydrogens is 327 g/mol. The number of ether oxygens (including phenoxy) is 1. The number of pyridine rings is 1. The molecule has 0 aliphatic rings. The number of rotatable bonds is 3. The van der Waals surface area contributed by atoms with E-state index in [-0.39, 0.29) is 16.8 Å². The van der Waals surface area contributed by atoms with E-state index in [1.807, 2.05) is 0 Å². The average Bonchev–Trinajstić information content (AvgIpc) is 2.27. The number of hydrogen-bond acceptors (Lipinski definition) is 2. The van der Waals surface area contributed by atoms with Gasteiger partial charge in [-0.15, -0.1) is 0 Å². The number of hydrogen-bond donors (Lipinski definition) is 0. The molecular formula is C12H7BrClF2NO. The van der Waals surface area contributed by atoms with Crippen molar-refractivity contribution in [2.75, 3.05) is 0 Å². The first-order valence-electron chi connectivity index (χ1n) is 4.94. The van der Waals surface area contributed by atoms with Gasteiger partial charge in [0, 0.05) is 12.3 Å². The second-order valence-electron chi connectivity index (χ2n) is 3.47. The Morgan fingerprint density at radius 1 is 1.28 bits per heavy atom. The molecule has 1 aromatic carbocycles. The maximum Gasteiger partial charge on any atom is 0.169 e. The van der Waals surface area contributed by atoms with E-state index in [9.17, 15) is 8.78 Å². The zero-order valence-corrected chi connectivity index (χ0v) is 11.3. The topological polar surface area (TPSA) is 22.1 Å². The highest BCUT2D eigenvalue weighted by Crippen LogP contribution is 2.29. The normalized spacial score (nSPS) is 10.4. The molecule has 0 unspecified atom stereocenters. The SMILES string of the molecule is Fc1cc(F)c(OCc2ccnc(Cl)c2)c(Br)c1. The van der Waals surface area contributed by atoms with Crippen molar-refractivity contribution in [2.24, 2.45) is 0 Å². The molecule has 94 valence electrons. The molecule has 18 heavy (non-hydrogen) atoms. The van der Waals surface area contributed by atoms with Crippen LogP contribution in [0.1, 0.15) is 5.56 Å². The van der Waals surface area contributed by atoms with E-state index >= 15 is 0 Å². The summed E-state index contributed by atoms with van der Waals surface area (Å²) in [5.41, 5.74) is 0.741. The number of nitrogens with zero attached hydrogens (tertiary/aromatic N) is 1. The van der Waals surface area contributed by atoms with E-state index < -0.39 is 11.6 Å². The maximum atomic E-state index is 13.5. The molecule has 1 heterocycles. The second-order valence-corrected chi connectivity index (χ2v) is 4.72. The van der Waals surface area contributed by atoms with Gasteiger partial charge >= 0.3 is 0 Å². The lowest BCUT2D eigenvalue weighted by Crippen LogP contribution is -1.99. The molecule has 0 N–H and O–H groups in total. The van der Waals surface area contributed by atoms with Crippen LogP contribution in [0.25, 0.3) is 0 Å². The summed E-state index contributed by atoms with van der Waals surface area (Å²) < 4.78 is 31.8. The molecule has 0 fully saturated rings. The van der Waals surface area contributed by atoms with E-state index in [0.717, 1.165) is 17.7 Å². The summed E-state index contributed by atoms with van der Waals surface area (Å²) in [5, 5.41) is 0.328. The molecule has 2 aromatic rings. The molecule has 0 radical (unpaired) electrons. The van der Waals surface area contributed by atoms with Crippen LogP contribution in [0.2, 0.25) is 5.15 Å². The summed E-state index contributed by atoms with van der Waals surface area (Å²) in [6.45, 7) is 0.114. The largest absolute Gasteiger partial charge is 0.485 e. The van der Waals surface area contributed by atoms with E-state index in [4.69, 9.17) is 16.3 Å². The van der Waals surface area contributed by atoms with Crippen LogP contribution in [0.4, 0.5) is 8.78 Å². The molecule has 2 rings (SSSR count). The van der Waals surface area contributed by atoms with Gasteiger partial charge in [-0.25, -0.2) is 13.8 Å². The van der Waals surface area contributed by atoms with Crippen molar-refractivity contribution in [3.63, 3.8) is 0 Å². The maximum absolute atomic E-state index is 13.5. The van der Waals surface area contributed by atoms with Crippen LogP contribution >= 0.6 is 27.5 Å². The molecule has 0 saturated heterocycles. The lowest BCUT2D eigenvalue weighted by Gasteiger charge is -2.09. The van der Waals surface area contributed by atoms with Gasteiger partial charge in [-0.2, -0.15) is 0 Å². The fourth-order valence-electron chi connectivity index (χ4n) is 1.35. The van der Waals surface area contributed by atoms with Crippen LogP contribution in [-0.4, -0.2) is 4.98 Å². The van der Waals surface area contributed by atoms with Crippen LogP contribution in [0, 0.1) is 11.6 Å². The Morgan fingerprint density at radius 3 is 2.72 bits per heavy atom. The minimum Gasteiger partial charge on any atom is -0.485 e. The van der Waals surface area contributed by atoms with E-state index in [2.05, 4.69) is 20.9 Å². The molecule has 1 aromatic heterocycles. The van der Waals surface area contributed by atoms with E-state index in [0.29, 0.717) is 5.15 Å². The summed E-state index contributed by atoms with van der Waals surface area (Å²) in [6.07, 6.45) is 1.52. The summed E-state index contributed by atoms with van der Waals surface area (Å²) in [5.74, 6) is -1.47. The van der Waals surface area contributed by atoms with Crippen molar-refractivity contribution in [1.82, 2.24) is 4.98 Å². The van der Waals surface area contributed by atoms with Gasteiger partial charge in [0.1, 0.15) is 17.6 Å². The van der Waals surface area contributed by atoms with Crippen LogP contribution in [0.15, 0.2) is 34.9 Å². The van der Waals surface area contributed by atoms with E-state index in [1.54, 1.807) is 12.1 Å². The fourth-order valence-corrected chi connectivity index (χ4v) is 2.07. The van der Waals surface area contributed by atoms with E-state index in [1.165, 1.54) is 6.20 Å². The monoisotopic (exact) mass is 333 g/mol. The first-order valence-corrected chi connectivity index (χ1v) is 6.11. The predicted molar refractivity (Wildman–Crippen MR) is 67.6 cm³/mol. The summed E-state index contributed by atoms with van der Waals surface area (Å²) >= 11 is 8.75. The van der Waals surface area contributed by atoms with Crippen molar-refractivity contribution >= 4 is 27.5 Å². The smallest absolute Gasteiger partial charge is 0.169 e. The van der Waals surface area contributed by atoms with Gasteiger partial charge in [0.05, 0.1) is 4.47 Å². The Morgan fingerprint density at radius 2 is 2.06 bits per heavy atom. The zero-order chi connectivity index (χ0) is 13.1. The molecule has 0 aliphatic carbocycles. The fraction of sp³-hybridized carbons (Fsp3) is 0.0833. The molecule has 2 nitrogen and oxygen atoms in total. The Bertz CT molecular complexity index is 557. The van der Waals surface area contributed by atoms with Crippen molar-refractivity contribution in [3.8, 4) is 5.75 Å². The van der Waals surface area contributed by atoms with Gasteiger partial charge in [0.2, 0.25) is 0 Å². The van der Waals surface area contributed by atoms with Crippen molar-refractivity contribution < 1.29 is 13.5 Å². The highest BCUT2D eigenvalue weighted by Gasteiger charge is 2.11. The number of aromatic nitrogens is 1. The molecule has 0 amide bonds. The molecule has 0 spiro atoms. The van der Waals surface area contributed by atoms with Gasteiger partial charge in [0.15, 0.2) is 11.6 Å². The second kappa shape index (κ2) is 5.63. The quantitative estimate of drug-likeness (QED) is 0.778. The Hall–Kier alpha value is -1.20. The Balaban J connectivity index is 2.16. The minimum atomic E-state index is -0.762. The number of benzene rings is 1. The summed E-state index contributed by atoms with van der Waals surface area (Å²) in [4.78, 5) is 3.82. The highest BCUT2D eigenvalue weighted by molar-refractivity contribution is 9.10.